The predicted molar refractivity (Wildman–Crippen MR) is 569 cm³/mol. The number of para-hydroxylation sites is 7. The average molecular weight is 1770 g/mol. The number of thiophene rings is 5. The van der Waals surface area contributed by atoms with Crippen molar-refractivity contribution in [1.29, 1.82) is 0 Å². The van der Waals surface area contributed by atoms with Crippen molar-refractivity contribution in [2.75, 3.05) is 0 Å². The van der Waals surface area contributed by atoms with E-state index in [1.807, 2.05) is 93.1 Å². The first kappa shape index (κ1) is 74.1. The molecule has 0 amide bonds. The molecule has 0 fully saturated rings. The van der Waals surface area contributed by atoms with E-state index in [-0.39, 0.29) is 0 Å². The van der Waals surface area contributed by atoms with Crippen LogP contribution in [0, 0.1) is 0 Å². The minimum Gasteiger partial charge on any atom is -0.456 e. The normalized spacial score (nSPS) is 12.2. The molecule has 12 heteroatoms. The van der Waals surface area contributed by atoms with Gasteiger partial charge in [0.1, 0.15) is 33.5 Å². The van der Waals surface area contributed by atoms with Crippen molar-refractivity contribution in [2.45, 2.75) is 0 Å². The molecule has 132 heavy (non-hydrogen) atoms. The molecule has 0 aliphatic rings. The van der Waals surface area contributed by atoms with E-state index in [0.29, 0.717) is 0 Å². The van der Waals surface area contributed by atoms with E-state index in [4.69, 9.17) is 13.3 Å². The first-order valence-electron chi connectivity index (χ1n) is 44.5. The molecule has 0 aliphatic heterocycles. The lowest BCUT2D eigenvalue weighted by molar-refractivity contribution is 0.668. The van der Waals surface area contributed by atoms with E-state index in [2.05, 4.69) is 394 Å². The third-order valence-corrected chi connectivity index (χ3v) is 32.9. The second-order valence-corrected chi connectivity index (χ2v) is 39.7. The van der Waals surface area contributed by atoms with Gasteiger partial charge in [-0.25, -0.2) is 0 Å². The zero-order valence-corrected chi connectivity index (χ0v) is 74.4. The summed E-state index contributed by atoms with van der Waals surface area (Å²) in [6.45, 7) is 0. The predicted octanol–water partition coefficient (Wildman–Crippen LogP) is 36.7. The number of hydrogen-bond donors (Lipinski definition) is 0. The van der Waals surface area contributed by atoms with Gasteiger partial charge in [0.05, 0.1) is 44.1 Å². The number of nitrogens with zero attached hydrogens (tertiary/aromatic N) is 4. The van der Waals surface area contributed by atoms with Crippen LogP contribution in [0.25, 0.3) is 277 Å². The molecule has 32 rings (SSSR count). The van der Waals surface area contributed by atoms with Crippen LogP contribution in [0.5, 0.6) is 0 Å². The summed E-state index contributed by atoms with van der Waals surface area (Å²) in [5.74, 6) is 0. The monoisotopic (exact) mass is 1770 g/mol. The smallest absolute Gasteiger partial charge is 0.135 e. The lowest BCUT2D eigenvalue weighted by Gasteiger charge is -2.09. The molecule has 0 atom stereocenters. The Kier molecular flexibility index (Phi) is 16.2. The molecule has 32 aromatic rings. The van der Waals surface area contributed by atoms with Crippen molar-refractivity contribution in [3.8, 4) is 22.7 Å². The number of furan rings is 3. The van der Waals surface area contributed by atoms with Gasteiger partial charge in [0, 0.05) is 199 Å². The molecule has 0 N–H and O–H groups in total. The molecule has 616 valence electrons. The van der Waals surface area contributed by atoms with Gasteiger partial charge in [-0.15, -0.1) is 56.7 Å². The molecular formula is C120H68N4O3S5. The maximum absolute atomic E-state index is 6.11. The SMILES string of the molecule is c1ccc2c(c1)oc1ccc(-n3c4ccccc4c4c5c(ccc43)sc3ccccc35)cc12.c1ccc2c(c1)oc1ccc(-n3c4ccccc4c4c5sc6ccccc6c5ccc43)cc12.c1ccc2c(c1)oc1ccc(-n3c4ccccc4c4ccc5sc6ccccc6c5c43)cc12.c1ccc2c(c1)sc1ccc(-n3c4ccccc4c4cc5c(cc43)sc3ccccc35)cc12. The van der Waals surface area contributed by atoms with Crippen molar-refractivity contribution >= 4 is 311 Å². The Morgan fingerprint density at radius 1 is 0.144 bits per heavy atom. The highest BCUT2D eigenvalue weighted by atomic mass is 32.1. The van der Waals surface area contributed by atoms with E-state index in [1.54, 1.807) is 0 Å². The lowest BCUT2D eigenvalue weighted by Crippen LogP contribution is -1.93. The summed E-state index contributed by atoms with van der Waals surface area (Å²) >= 11 is 9.39. The van der Waals surface area contributed by atoms with Crippen LogP contribution in [0.2, 0.25) is 0 Å². The summed E-state index contributed by atoms with van der Waals surface area (Å²) in [6, 6.07) is 149. The van der Waals surface area contributed by atoms with Crippen molar-refractivity contribution in [2.24, 2.45) is 0 Å². The van der Waals surface area contributed by atoms with Crippen LogP contribution in [0.3, 0.4) is 0 Å². The molecule has 0 bridgehead atoms. The Morgan fingerprint density at radius 3 is 1.01 bits per heavy atom. The van der Waals surface area contributed by atoms with Crippen LogP contribution >= 0.6 is 56.7 Å². The first-order valence-corrected chi connectivity index (χ1v) is 48.5. The topological polar surface area (TPSA) is 59.1 Å². The van der Waals surface area contributed by atoms with Crippen LogP contribution in [0.15, 0.2) is 426 Å². The molecule has 0 radical (unpaired) electrons. The quantitative estimate of drug-likeness (QED) is 0.176. The summed E-state index contributed by atoms with van der Waals surface area (Å²) in [5, 5.41) is 30.8. The van der Waals surface area contributed by atoms with Crippen molar-refractivity contribution in [3.05, 3.63) is 413 Å². The third-order valence-electron chi connectivity index (χ3n) is 27.2. The van der Waals surface area contributed by atoms with Crippen LogP contribution in [0.4, 0.5) is 0 Å². The molecule has 12 aromatic heterocycles. The van der Waals surface area contributed by atoms with E-state index < -0.39 is 0 Å². The van der Waals surface area contributed by atoms with Crippen molar-refractivity contribution in [1.82, 2.24) is 18.3 Å². The molecule has 7 nitrogen and oxygen atoms in total. The van der Waals surface area contributed by atoms with Gasteiger partial charge < -0.3 is 31.5 Å². The maximum atomic E-state index is 6.11. The third kappa shape index (κ3) is 11.1. The summed E-state index contributed by atoms with van der Waals surface area (Å²) in [5.41, 5.74) is 20.2. The Morgan fingerprint density at radius 2 is 0.462 bits per heavy atom. The van der Waals surface area contributed by atoms with Gasteiger partial charge in [0.2, 0.25) is 0 Å². The molecular weight excluding hydrogens is 1710 g/mol. The highest BCUT2D eigenvalue weighted by molar-refractivity contribution is 7.28. The van der Waals surface area contributed by atoms with Gasteiger partial charge in [-0.2, -0.15) is 0 Å². The molecule has 20 aromatic carbocycles. The number of aromatic nitrogens is 4. The lowest BCUT2D eigenvalue weighted by atomic mass is 10.1. The molecule has 12 heterocycles. The zero-order valence-electron chi connectivity index (χ0n) is 70.3. The highest BCUT2D eigenvalue weighted by Crippen LogP contribution is 2.50. The van der Waals surface area contributed by atoms with Crippen LogP contribution in [-0.2, 0) is 0 Å². The Hall–Kier alpha value is -15.9. The Labute approximate surface area is 770 Å². The number of hydrogen-bond acceptors (Lipinski definition) is 8. The largest absolute Gasteiger partial charge is 0.456 e. The van der Waals surface area contributed by atoms with E-state index in [9.17, 15) is 0 Å². The summed E-state index contributed by atoms with van der Waals surface area (Å²) in [6.07, 6.45) is 0. The summed E-state index contributed by atoms with van der Waals surface area (Å²) < 4.78 is 41.4. The average Bonchev–Trinajstić information content (AvgIpc) is 1.55. The van der Waals surface area contributed by atoms with E-state index >= 15 is 0 Å². The maximum Gasteiger partial charge on any atom is 0.135 e. The Balaban J connectivity index is 0.0000000862. The van der Waals surface area contributed by atoms with Gasteiger partial charge in [-0.3, -0.25) is 0 Å². The van der Waals surface area contributed by atoms with Crippen molar-refractivity contribution < 1.29 is 13.3 Å². The number of benzene rings is 20. The van der Waals surface area contributed by atoms with Crippen LogP contribution < -0.4 is 0 Å². The zero-order chi connectivity index (χ0) is 86.1. The van der Waals surface area contributed by atoms with Gasteiger partial charge in [-0.05, 0) is 182 Å². The molecule has 0 saturated heterocycles. The minimum atomic E-state index is 0.923. The summed E-state index contributed by atoms with van der Waals surface area (Å²) in [4.78, 5) is 0. The number of rotatable bonds is 4. The molecule has 0 spiro atoms. The first-order chi connectivity index (χ1) is 65.4. The second kappa shape index (κ2) is 28.8. The van der Waals surface area contributed by atoms with Gasteiger partial charge in [0.15, 0.2) is 0 Å². The second-order valence-electron chi connectivity index (χ2n) is 34.3. The molecule has 0 aliphatic carbocycles. The fourth-order valence-electron chi connectivity index (χ4n) is 21.5. The van der Waals surface area contributed by atoms with Crippen molar-refractivity contribution in [3.63, 3.8) is 0 Å². The fraction of sp³-hybridized carbons (Fsp3) is 0. The van der Waals surface area contributed by atoms with Crippen LogP contribution in [0.1, 0.15) is 0 Å². The number of fused-ring (bicyclic) bond motifs is 39. The highest BCUT2D eigenvalue weighted by Gasteiger charge is 2.25. The fourth-order valence-corrected chi connectivity index (χ4v) is 27.2. The van der Waals surface area contributed by atoms with Gasteiger partial charge >= 0.3 is 0 Å². The Bertz CT molecular complexity index is 10400. The summed E-state index contributed by atoms with van der Waals surface area (Å²) in [7, 11) is 0. The molecule has 0 saturated carbocycles. The van der Waals surface area contributed by atoms with E-state index in [0.717, 1.165) is 82.9 Å². The van der Waals surface area contributed by atoms with Crippen LogP contribution in [-0.4, -0.2) is 18.3 Å². The minimum absolute atomic E-state index is 0.923. The van der Waals surface area contributed by atoms with Gasteiger partial charge in [-0.1, -0.05) is 231 Å². The van der Waals surface area contributed by atoms with E-state index in [1.165, 1.54) is 194 Å². The standard InChI is InChI=1S/3C30H17NOS.C30H17NS2/c1-4-10-24-22(9-1)29-25(15-14-21-20-8-3-6-12-28(20)33-30(21)29)31(24)18-13-16-27-23(17-18)19-7-2-5-11-26(19)32-27;1-4-10-23-20(8-1)29-24(14-16-28-30(29)21-9-3-6-12-27(21)33-28)31(23)18-13-15-26-22(17-18)19-7-2-5-11-25(19)32-26;1-4-10-24-19(7-1)21-14-16-28-29(22-9-3-6-12-27(22)33-28)30(21)31(24)18-13-15-26-23(17-18)20-8-2-5-11-25(20)32-26;1-4-10-25-19(7-1)22-16-24-21-9-3-6-12-28(21)33-30(24)17-26(22)31(25)18-13-14-29-23(15-18)20-8-2-5-11-27(20)32-29/h4*1-17H. The van der Waals surface area contributed by atoms with Gasteiger partial charge in [0.25, 0.3) is 0 Å². The molecule has 0 unspecified atom stereocenters.